The molecule has 2 heterocycles. The second-order valence-corrected chi connectivity index (χ2v) is 31.6. The van der Waals surface area contributed by atoms with Crippen LogP contribution in [0.15, 0.2) is 324 Å². The number of nitriles is 1. The van der Waals surface area contributed by atoms with Crippen LogP contribution in [-0.4, -0.2) is 109 Å². The van der Waals surface area contributed by atoms with Gasteiger partial charge < -0.3 is 42.6 Å². The molecular weight excluding hydrogens is 1810 g/mol. The number of benzene rings is 14. The lowest BCUT2D eigenvalue weighted by Crippen LogP contribution is -2.23. The molecule has 14 aromatic carbocycles. The van der Waals surface area contributed by atoms with E-state index < -0.39 is 47.8 Å². The van der Waals surface area contributed by atoms with Gasteiger partial charge in [0.25, 0.3) is 39.9 Å². The van der Waals surface area contributed by atoms with Crippen LogP contribution in [0.4, 0.5) is 0 Å². The molecule has 0 aromatic heterocycles. The number of esters is 8. The van der Waals surface area contributed by atoms with Crippen molar-refractivity contribution in [3.05, 3.63) is 470 Å². The second kappa shape index (κ2) is 45.4. The molecule has 142 heavy (non-hydrogen) atoms. The third kappa shape index (κ3) is 19.7. The topological polar surface area (TPSA) is 291 Å². The largest absolute Gasteiger partial charge is 0.474 e. The average Bonchev–Trinajstić information content (AvgIpc) is 1.20. The Morgan fingerprint density at radius 2 is 0.479 bits per heavy atom. The first kappa shape index (κ1) is 99.5. The Kier molecular flexibility index (Phi) is 31.8. The quantitative estimate of drug-likeness (QED) is 0.0426. The first-order valence-corrected chi connectivity index (χ1v) is 43.6. The molecule has 4 aliphatic rings. The van der Waals surface area contributed by atoms with E-state index >= 15 is 0 Å². The van der Waals surface area contributed by atoms with Crippen molar-refractivity contribution in [1.82, 2.24) is 0 Å². The van der Waals surface area contributed by atoms with Gasteiger partial charge in [-0.05, 0) is 126 Å². The first-order valence-electron chi connectivity index (χ1n) is 42.8. The first-order chi connectivity index (χ1) is 69.0. The summed E-state index contributed by atoms with van der Waals surface area (Å²) >= 11 is 1.64. The minimum Gasteiger partial charge on any atom is -0.474 e. The molecule has 2 aliphatic carbocycles. The molecule has 0 bridgehead atoms. The van der Waals surface area contributed by atoms with E-state index in [1.165, 1.54) is 49.8 Å². The molecule has 0 saturated carbocycles. The van der Waals surface area contributed by atoms with Gasteiger partial charge in [0.05, 0.1) is 102 Å². The van der Waals surface area contributed by atoms with Gasteiger partial charge in [-0.1, -0.05) is 279 Å². The maximum Gasteiger partial charge on any atom is 0.349 e. The van der Waals surface area contributed by atoms with Crippen molar-refractivity contribution < 1.29 is 85.8 Å². The fourth-order valence-electron chi connectivity index (χ4n) is 16.6. The van der Waals surface area contributed by atoms with E-state index in [2.05, 4.69) is 33.9 Å². The van der Waals surface area contributed by atoms with Gasteiger partial charge in [0, 0.05) is 75.2 Å². The molecule has 0 fully saturated rings. The maximum absolute atomic E-state index is 12.6. The third-order valence-electron chi connectivity index (χ3n) is 22.5. The minimum atomic E-state index is -0.757. The summed E-state index contributed by atoms with van der Waals surface area (Å²) in [6, 6.07) is 89.8. The van der Waals surface area contributed by atoms with Crippen LogP contribution in [0.25, 0.3) is 133 Å². The van der Waals surface area contributed by atoms with Crippen LogP contribution in [0.1, 0.15) is 74.3 Å². The van der Waals surface area contributed by atoms with Crippen molar-refractivity contribution in [2.45, 2.75) is 29.7 Å². The number of hydrogen-bond acceptors (Lipinski definition) is 20. The number of nitrogens with zero attached hydrogens (tertiary/aromatic N) is 8. The minimum absolute atomic E-state index is 0.0256. The second-order valence-electron chi connectivity index (χ2n) is 30.5. The predicted octanol–water partition coefficient (Wildman–Crippen LogP) is 19.5. The third-order valence-corrected chi connectivity index (χ3v) is 23.6. The molecule has 0 atom stereocenters. The molecule has 0 N–H and O–H groups in total. The highest BCUT2D eigenvalue weighted by atomic mass is 32.2. The number of hydrogen-bond donors (Lipinski definition) is 0. The van der Waals surface area contributed by atoms with Gasteiger partial charge in [0.1, 0.15) is 23.1 Å². The summed E-state index contributed by atoms with van der Waals surface area (Å²) in [5.74, 6) is -4.39. The lowest BCUT2D eigenvalue weighted by Gasteiger charge is -2.23. The van der Waals surface area contributed by atoms with Gasteiger partial charge in [0.15, 0.2) is 5.78 Å². The number of para-hydroxylation sites is 2. The molecule has 0 amide bonds. The van der Waals surface area contributed by atoms with E-state index in [1.807, 2.05) is 152 Å². The lowest BCUT2D eigenvalue weighted by atomic mass is 9.80. The number of methoxy groups -OCH3 is 7. The highest BCUT2D eigenvalue weighted by Gasteiger charge is 2.35. The average molecular weight is 1890 g/mol. The van der Waals surface area contributed by atoms with Gasteiger partial charge in [-0.15, -0.1) is 0 Å². The molecule has 18 rings (SSSR count). The van der Waals surface area contributed by atoms with Crippen LogP contribution in [0.5, 0.6) is 11.5 Å². The summed E-state index contributed by atoms with van der Waals surface area (Å²) in [6.45, 7) is 55.6. The number of carbonyl (C=O) groups is 9. The van der Waals surface area contributed by atoms with E-state index in [0.29, 0.717) is 131 Å². The monoisotopic (exact) mass is 1890 g/mol. The van der Waals surface area contributed by atoms with E-state index in [-0.39, 0.29) is 57.3 Å². The molecule has 0 spiro atoms. The fraction of sp³-hybridized carbons (Fsp3) is 0.0870. The summed E-state index contributed by atoms with van der Waals surface area (Å²) in [5.41, 5.74) is 10.9. The molecule has 0 radical (unpaired) electrons. The van der Waals surface area contributed by atoms with Gasteiger partial charge in [-0.3, -0.25) is 38.4 Å². The number of carbonyl (C=O) groups excluding carboxylic acids is 9. The predicted molar refractivity (Wildman–Crippen MR) is 534 cm³/mol. The Balaban J connectivity index is 0.000000144. The number of rotatable bonds is 9. The number of fused-ring (bicyclic) bond motifs is 13. The molecule has 14 aromatic rings. The molecule has 26 nitrogen and oxygen atoms in total. The highest BCUT2D eigenvalue weighted by Crippen LogP contribution is 2.50. The van der Waals surface area contributed by atoms with Crippen LogP contribution in [-0.2, 0) is 76.3 Å². The molecule has 2 aliphatic heterocycles. The van der Waals surface area contributed by atoms with Crippen LogP contribution < -0.4 is 25.6 Å². The fourth-order valence-corrected chi connectivity index (χ4v) is 17.7. The summed E-state index contributed by atoms with van der Waals surface area (Å²) in [6.07, 6.45) is -0.253. The molecule has 0 unspecified atom stereocenters. The van der Waals surface area contributed by atoms with Crippen molar-refractivity contribution in [1.29, 1.82) is 5.26 Å². The van der Waals surface area contributed by atoms with Crippen LogP contribution >= 0.6 is 11.8 Å². The van der Waals surface area contributed by atoms with Crippen LogP contribution in [0.3, 0.4) is 0 Å². The lowest BCUT2D eigenvalue weighted by molar-refractivity contribution is -0.142. The Morgan fingerprint density at radius 3 is 0.754 bits per heavy atom. The van der Waals surface area contributed by atoms with E-state index in [9.17, 15) is 48.4 Å². The van der Waals surface area contributed by atoms with Gasteiger partial charge in [-0.25, -0.2) is 38.7 Å². The zero-order valence-electron chi connectivity index (χ0n) is 77.1. The van der Waals surface area contributed by atoms with Gasteiger partial charge in [-0.2, -0.15) is 5.26 Å². The normalized spacial score (nSPS) is 11.1. The Labute approximate surface area is 818 Å². The van der Waals surface area contributed by atoms with Crippen molar-refractivity contribution >= 4 is 153 Å². The van der Waals surface area contributed by atoms with Gasteiger partial charge >= 0.3 is 47.8 Å². The summed E-state index contributed by atoms with van der Waals surface area (Å²) < 4.78 is 44.4. The van der Waals surface area contributed by atoms with Crippen molar-refractivity contribution in [3.63, 3.8) is 0 Å². The van der Waals surface area contributed by atoms with Crippen LogP contribution in [0, 0.1) is 57.3 Å². The van der Waals surface area contributed by atoms with Crippen molar-refractivity contribution in [2.75, 3.05) is 49.8 Å². The SMILES string of the molecule is [C-]#[N+]C(C(=O)OC(C)C)=C1c2ccccc2-c2ccccc21.[C-]#[N+]C(C(=O)OC)=C1c2ccccc2C(=O)c2ccccc21.[C-]#[N+]C(C(=O)OC)=C1c2ccccc2Oc2ccccc21.[C-]#[N+]C(C(=O)OC)=C1c2ccccc2Sc2ccccc21.[C-]#[N+]C(C(=O)OC)=c1c2ccccc2c(=C(C#N)C(=O)OC)c2ccccc12.[C-]#[N+]C(C(=O)OC)=c1c2ccccc2c(=C([N+]#[C-])C(=O)OC)c2ccccc12. The van der Waals surface area contributed by atoms with Crippen LogP contribution in [0.2, 0.25) is 0 Å². The van der Waals surface area contributed by atoms with E-state index in [1.54, 1.807) is 171 Å². The van der Waals surface area contributed by atoms with Gasteiger partial charge in [0.2, 0.25) is 0 Å². The maximum atomic E-state index is 12.6. The number of ketones is 1. The Bertz CT molecular complexity index is 7620. The standard InChI is InChI=1S/2C22H14N2O4.C19H15NO2.C18H11NO3.C17H11NO3.C17H11NO2S/c1-23-19(21(25)27-3)17-13-9-5-7-11-15(13)18(20(24-2)22(26)28-4)16-12-8-6-10-14(16)17;1-24-20(22(26)28-3)19-15-10-6-4-8-13(15)18(17(12-23)21(25)27-2)14-9-5-7-11-16(14)19;1-12(2)22-19(21)18(20-3)17-15-10-6-4-8-13(15)14-9-5-7-11-16(14)17;1-19-16(18(21)22-2)15-11-7-3-5-9-13(11)17(20)14-10-6-4-8-12(14)15;2*1-18-16(17(19)20-2)15-11-7-3-5-9-13(11)21-14-10-6-4-8-12(14)15/h5-12H,3-4H3;4-11H,2-3H3;4-12H,1-2H3;3-10H,2H3;2*3-10H,2H3. The van der Waals surface area contributed by atoms with E-state index in [0.717, 1.165) is 43.2 Å². The zero-order chi connectivity index (χ0) is 102. The summed E-state index contributed by atoms with van der Waals surface area (Å²) in [5, 5.41) is 15.8. The Hall–Kier alpha value is -19.9. The highest BCUT2D eigenvalue weighted by molar-refractivity contribution is 7.99. The molecule has 0 saturated heterocycles. The zero-order valence-corrected chi connectivity index (χ0v) is 77.9. The summed E-state index contributed by atoms with van der Waals surface area (Å²) in [7, 11) is 8.66. The molecule has 27 heteroatoms. The van der Waals surface area contributed by atoms with Crippen molar-refractivity contribution in [2.24, 2.45) is 0 Å². The van der Waals surface area contributed by atoms with Crippen molar-refractivity contribution in [3.8, 4) is 28.7 Å². The smallest absolute Gasteiger partial charge is 0.349 e. The molecule has 690 valence electrons. The Morgan fingerprint density at radius 1 is 0.268 bits per heavy atom. The van der Waals surface area contributed by atoms with E-state index in [4.69, 9.17) is 88.6 Å². The summed E-state index contributed by atoms with van der Waals surface area (Å²) in [4.78, 5) is 136. The number of ether oxygens (including phenoxy) is 9. The molecular formula is C115H76N8O18S.